The van der Waals surface area contributed by atoms with Gasteiger partial charge < -0.3 is 9.73 Å². The lowest BCUT2D eigenvalue weighted by Gasteiger charge is -2.19. The molecular weight excluding hydrogens is 405 g/mol. The third kappa shape index (κ3) is 3.36. The third-order valence-electron chi connectivity index (χ3n) is 2.74. The summed E-state index contributed by atoms with van der Waals surface area (Å²) in [5, 5.41) is 3.57. The first-order valence-corrected chi connectivity index (χ1v) is 7.80. The molecule has 4 heteroatoms. The molecule has 0 saturated carbocycles. The topological polar surface area (TPSA) is 25.2 Å². The first-order valence-electron chi connectivity index (χ1n) is 5.92. The summed E-state index contributed by atoms with van der Waals surface area (Å²) in [5.74, 6) is 0. The fraction of sp³-hybridized carbons (Fsp3) is 0.286. The standard InChI is InChI=1S/C14H15BrINO/c1-2-6-17-14(10-5-7-18-9-10)12-8-11(15)3-4-13(12)16/h3-5,7-9,14,17H,2,6H2,1H3. The van der Waals surface area contributed by atoms with Crippen molar-refractivity contribution in [3.63, 3.8) is 0 Å². The smallest absolute Gasteiger partial charge is 0.0953 e. The molecule has 0 amide bonds. The number of rotatable bonds is 5. The van der Waals surface area contributed by atoms with Gasteiger partial charge in [-0.05, 0) is 65.4 Å². The number of hydrogen-bond acceptors (Lipinski definition) is 2. The molecule has 1 heterocycles. The predicted molar refractivity (Wildman–Crippen MR) is 85.7 cm³/mol. The number of halogens is 2. The van der Waals surface area contributed by atoms with Crippen molar-refractivity contribution in [1.82, 2.24) is 5.32 Å². The molecule has 1 atom stereocenters. The van der Waals surface area contributed by atoms with E-state index in [2.05, 4.69) is 69.0 Å². The van der Waals surface area contributed by atoms with Gasteiger partial charge in [-0.15, -0.1) is 0 Å². The molecule has 18 heavy (non-hydrogen) atoms. The summed E-state index contributed by atoms with van der Waals surface area (Å²) < 4.78 is 7.57. The van der Waals surface area contributed by atoms with Crippen LogP contribution in [0, 0.1) is 3.57 Å². The van der Waals surface area contributed by atoms with Crippen molar-refractivity contribution in [3.8, 4) is 0 Å². The van der Waals surface area contributed by atoms with Gasteiger partial charge in [0, 0.05) is 13.6 Å². The van der Waals surface area contributed by atoms with E-state index in [-0.39, 0.29) is 6.04 Å². The molecule has 2 rings (SSSR count). The normalized spacial score (nSPS) is 12.6. The summed E-state index contributed by atoms with van der Waals surface area (Å²) in [5.41, 5.74) is 2.44. The molecule has 0 spiro atoms. The zero-order valence-corrected chi connectivity index (χ0v) is 13.9. The van der Waals surface area contributed by atoms with Crippen molar-refractivity contribution < 1.29 is 4.42 Å². The van der Waals surface area contributed by atoms with E-state index in [0.29, 0.717) is 0 Å². The monoisotopic (exact) mass is 419 g/mol. The predicted octanol–water partition coefficient (Wildman–Crippen LogP) is 4.74. The van der Waals surface area contributed by atoms with Gasteiger partial charge in [0.05, 0.1) is 18.6 Å². The maximum Gasteiger partial charge on any atom is 0.0953 e. The van der Waals surface area contributed by atoms with Gasteiger partial charge in [-0.2, -0.15) is 0 Å². The van der Waals surface area contributed by atoms with Crippen molar-refractivity contribution >= 4 is 38.5 Å². The second-order valence-corrected chi connectivity index (χ2v) is 6.19. The molecule has 1 unspecified atom stereocenters. The highest BCUT2D eigenvalue weighted by atomic mass is 127. The minimum absolute atomic E-state index is 0.188. The highest BCUT2D eigenvalue weighted by molar-refractivity contribution is 14.1. The molecule has 0 fully saturated rings. The maximum atomic E-state index is 5.21. The van der Waals surface area contributed by atoms with E-state index >= 15 is 0 Å². The van der Waals surface area contributed by atoms with Crippen LogP contribution < -0.4 is 5.32 Å². The van der Waals surface area contributed by atoms with Crippen molar-refractivity contribution in [3.05, 3.63) is 56.0 Å². The van der Waals surface area contributed by atoms with Crippen molar-refractivity contribution in [2.75, 3.05) is 6.54 Å². The highest BCUT2D eigenvalue weighted by Gasteiger charge is 2.17. The minimum atomic E-state index is 0.188. The van der Waals surface area contributed by atoms with Gasteiger partial charge in [-0.1, -0.05) is 22.9 Å². The molecule has 2 nitrogen and oxygen atoms in total. The molecule has 1 aromatic carbocycles. The van der Waals surface area contributed by atoms with Crippen LogP contribution in [0.5, 0.6) is 0 Å². The van der Waals surface area contributed by atoms with Crippen molar-refractivity contribution in [1.29, 1.82) is 0 Å². The van der Waals surface area contributed by atoms with Crippen LogP contribution in [0.25, 0.3) is 0 Å². The summed E-state index contributed by atoms with van der Waals surface area (Å²) >= 11 is 5.92. The Balaban J connectivity index is 2.36. The van der Waals surface area contributed by atoms with Crippen molar-refractivity contribution in [2.45, 2.75) is 19.4 Å². The van der Waals surface area contributed by atoms with Crippen LogP contribution in [0.1, 0.15) is 30.5 Å². The number of nitrogens with one attached hydrogen (secondary N) is 1. The van der Waals surface area contributed by atoms with Gasteiger partial charge in [0.2, 0.25) is 0 Å². The first-order chi connectivity index (χ1) is 8.72. The summed E-state index contributed by atoms with van der Waals surface area (Å²) in [6.07, 6.45) is 4.64. The zero-order valence-electron chi connectivity index (χ0n) is 10.1. The Morgan fingerprint density at radius 3 is 2.89 bits per heavy atom. The van der Waals surface area contributed by atoms with E-state index in [4.69, 9.17) is 4.42 Å². The molecule has 0 aliphatic rings. The number of benzene rings is 1. The Hall–Kier alpha value is -0.330. The Bertz CT molecular complexity index is 499. The molecule has 0 radical (unpaired) electrons. The lowest BCUT2D eigenvalue weighted by Crippen LogP contribution is -2.23. The fourth-order valence-corrected chi connectivity index (χ4v) is 2.90. The van der Waals surface area contributed by atoms with Gasteiger partial charge in [-0.25, -0.2) is 0 Å². The molecule has 0 bridgehead atoms. The van der Waals surface area contributed by atoms with Crippen LogP contribution in [0.2, 0.25) is 0 Å². The summed E-state index contributed by atoms with van der Waals surface area (Å²) in [7, 11) is 0. The first kappa shape index (κ1) is 14.1. The van der Waals surface area contributed by atoms with Crippen LogP contribution in [0.15, 0.2) is 45.7 Å². The van der Waals surface area contributed by atoms with E-state index in [1.807, 2.05) is 12.3 Å². The van der Waals surface area contributed by atoms with E-state index in [9.17, 15) is 0 Å². The van der Waals surface area contributed by atoms with E-state index in [1.165, 1.54) is 14.7 Å². The lowest BCUT2D eigenvalue weighted by molar-refractivity contribution is 0.547. The SMILES string of the molecule is CCCNC(c1ccoc1)c1cc(Br)ccc1I. The van der Waals surface area contributed by atoms with E-state index in [1.54, 1.807) is 6.26 Å². The van der Waals surface area contributed by atoms with Gasteiger partial charge in [0.25, 0.3) is 0 Å². The zero-order chi connectivity index (χ0) is 13.0. The molecule has 0 saturated heterocycles. The Labute approximate surface area is 129 Å². The van der Waals surface area contributed by atoms with Gasteiger partial charge in [0.15, 0.2) is 0 Å². The Morgan fingerprint density at radius 1 is 1.39 bits per heavy atom. The van der Waals surface area contributed by atoms with Gasteiger partial charge >= 0.3 is 0 Å². The molecule has 96 valence electrons. The van der Waals surface area contributed by atoms with E-state index in [0.717, 1.165) is 17.4 Å². The second kappa shape index (κ2) is 6.73. The molecule has 2 aromatic rings. The lowest BCUT2D eigenvalue weighted by atomic mass is 10.0. The van der Waals surface area contributed by atoms with E-state index < -0.39 is 0 Å². The van der Waals surface area contributed by atoms with Crippen LogP contribution in [0.4, 0.5) is 0 Å². The minimum Gasteiger partial charge on any atom is -0.472 e. The summed E-state index contributed by atoms with van der Waals surface area (Å²) in [6, 6.07) is 8.57. The number of hydrogen-bond donors (Lipinski definition) is 1. The highest BCUT2D eigenvalue weighted by Crippen LogP contribution is 2.29. The third-order valence-corrected chi connectivity index (χ3v) is 4.22. The Kier molecular flexibility index (Phi) is 5.26. The quantitative estimate of drug-likeness (QED) is 0.708. The average Bonchev–Trinajstić information content (AvgIpc) is 2.88. The molecule has 0 aliphatic carbocycles. The molecule has 0 aliphatic heterocycles. The molecule has 1 N–H and O–H groups in total. The van der Waals surface area contributed by atoms with Gasteiger partial charge in [0.1, 0.15) is 0 Å². The van der Waals surface area contributed by atoms with Crippen LogP contribution in [-0.4, -0.2) is 6.54 Å². The number of furan rings is 1. The van der Waals surface area contributed by atoms with Crippen molar-refractivity contribution in [2.24, 2.45) is 0 Å². The molecule has 1 aromatic heterocycles. The fourth-order valence-electron chi connectivity index (χ4n) is 1.87. The summed E-state index contributed by atoms with van der Waals surface area (Å²) in [4.78, 5) is 0. The largest absolute Gasteiger partial charge is 0.472 e. The second-order valence-electron chi connectivity index (χ2n) is 4.11. The maximum absolute atomic E-state index is 5.21. The van der Waals surface area contributed by atoms with Crippen LogP contribution >= 0.6 is 38.5 Å². The average molecular weight is 420 g/mol. The van der Waals surface area contributed by atoms with Crippen LogP contribution in [-0.2, 0) is 0 Å². The Morgan fingerprint density at radius 2 is 2.22 bits per heavy atom. The van der Waals surface area contributed by atoms with Gasteiger partial charge in [-0.3, -0.25) is 0 Å². The molecular formula is C14H15BrINO. The summed E-state index contributed by atoms with van der Waals surface area (Å²) in [6.45, 7) is 3.16. The van der Waals surface area contributed by atoms with Crippen LogP contribution in [0.3, 0.4) is 0 Å².